The molecule has 0 spiro atoms. The van der Waals surface area contributed by atoms with Crippen molar-refractivity contribution >= 4 is 44.8 Å². The van der Waals surface area contributed by atoms with E-state index in [1.807, 2.05) is 6.92 Å². The summed E-state index contributed by atoms with van der Waals surface area (Å²) in [6.45, 7) is 5.01. The van der Waals surface area contributed by atoms with Gasteiger partial charge in [-0.2, -0.15) is 4.31 Å². The molecule has 30 heavy (non-hydrogen) atoms. The lowest BCUT2D eigenvalue weighted by Crippen LogP contribution is -2.35. The van der Waals surface area contributed by atoms with E-state index in [0.717, 1.165) is 9.87 Å². The van der Waals surface area contributed by atoms with Crippen molar-refractivity contribution in [2.75, 3.05) is 30.9 Å². The molecule has 1 aliphatic heterocycles. The average Bonchev–Trinajstić information content (AvgIpc) is 2.84. The van der Waals surface area contributed by atoms with Crippen LogP contribution in [0.25, 0.3) is 0 Å². The standard InChI is InChI=1S/C21H24ClN3O4S/c1-13-6-8-17(16(22)10-13)23-19(26)12-24(4)30(28,29)14-7-9-18-15(11-14)21(2,3)20(27)25(18)5/h6-11H,12H2,1-5H3,(H,23,26). The Labute approximate surface area is 181 Å². The number of carbonyl (C=O) groups is 2. The molecule has 3 rings (SSSR count). The summed E-state index contributed by atoms with van der Waals surface area (Å²) in [4.78, 5) is 26.4. The van der Waals surface area contributed by atoms with Crippen LogP contribution >= 0.6 is 11.6 Å². The van der Waals surface area contributed by atoms with E-state index in [0.29, 0.717) is 22.0 Å². The van der Waals surface area contributed by atoms with Gasteiger partial charge in [-0.3, -0.25) is 9.59 Å². The van der Waals surface area contributed by atoms with Crippen molar-refractivity contribution in [2.24, 2.45) is 0 Å². The summed E-state index contributed by atoms with van der Waals surface area (Å²) in [5.41, 5.74) is 1.85. The predicted molar refractivity (Wildman–Crippen MR) is 118 cm³/mol. The molecule has 1 heterocycles. The molecular formula is C21H24ClN3O4S. The first-order valence-corrected chi connectivity index (χ1v) is 11.1. The second kappa shape index (κ2) is 7.68. The van der Waals surface area contributed by atoms with E-state index in [1.165, 1.54) is 24.1 Å². The summed E-state index contributed by atoms with van der Waals surface area (Å²) in [6, 6.07) is 9.76. The normalized spacial score (nSPS) is 15.4. The number of fused-ring (bicyclic) bond motifs is 1. The van der Waals surface area contributed by atoms with Crippen molar-refractivity contribution in [3.8, 4) is 0 Å². The van der Waals surface area contributed by atoms with Crippen molar-refractivity contribution in [3.63, 3.8) is 0 Å². The van der Waals surface area contributed by atoms with Crippen LogP contribution in [-0.2, 0) is 25.0 Å². The molecule has 1 aliphatic rings. The topological polar surface area (TPSA) is 86.8 Å². The van der Waals surface area contributed by atoms with Gasteiger partial charge in [0.2, 0.25) is 21.8 Å². The van der Waals surface area contributed by atoms with Gasteiger partial charge in [0.25, 0.3) is 0 Å². The summed E-state index contributed by atoms with van der Waals surface area (Å²) >= 11 is 6.12. The third kappa shape index (κ3) is 3.82. The second-order valence-electron chi connectivity index (χ2n) is 7.96. The number of aryl methyl sites for hydroxylation is 1. The largest absolute Gasteiger partial charge is 0.324 e. The second-order valence-corrected chi connectivity index (χ2v) is 10.4. The molecule has 0 atom stereocenters. The summed E-state index contributed by atoms with van der Waals surface area (Å²) in [5, 5.41) is 3.01. The first-order valence-electron chi connectivity index (χ1n) is 9.30. The Bertz CT molecular complexity index is 1140. The molecule has 0 fully saturated rings. The fourth-order valence-corrected chi connectivity index (χ4v) is 4.93. The number of amides is 2. The van der Waals surface area contributed by atoms with Gasteiger partial charge in [-0.15, -0.1) is 0 Å². The van der Waals surface area contributed by atoms with Gasteiger partial charge in [0, 0.05) is 19.8 Å². The van der Waals surface area contributed by atoms with Gasteiger partial charge in [-0.1, -0.05) is 17.7 Å². The molecule has 2 amide bonds. The van der Waals surface area contributed by atoms with Crippen molar-refractivity contribution in [1.29, 1.82) is 0 Å². The molecule has 0 aliphatic carbocycles. The highest BCUT2D eigenvalue weighted by molar-refractivity contribution is 7.89. The van der Waals surface area contributed by atoms with Crippen molar-refractivity contribution in [1.82, 2.24) is 4.31 Å². The number of sulfonamides is 1. The Hall–Kier alpha value is -2.42. The molecule has 0 saturated carbocycles. The van der Waals surface area contributed by atoms with Gasteiger partial charge in [0.15, 0.2) is 0 Å². The van der Waals surface area contributed by atoms with Crippen LogP contribution in [0.5, 0.6) is 0 Å². The number of halogens is 1. The maximum absolute atomic E-state index is 13.0. The molecule has 2 aromatic rings. The van der Waals surface area contributed by atoms with Crippen LogP contribution < -0.4 is 10.2 Å². The summed E-state index contributed by atoms with van der Waals surface area (Å²) < 4.78 is 27.0. The Morgan fingerprint density at radius 1 is 1.20 bits per heavy atom. The molecule has 0 saturated heterocycles. The smallest absolute Gasteiger partial charge is 0.243 e. The van der Waals surface area contributed by atoms with Gasteiger partial charge in [-0.05, 0) is 62.2 Å². The van der Waals surface area contributed by atoms with Crippen LogP contribution in [0.1, 0.15) is 25.0 Å². The highest BCUT2D eigenvalue weighted by atomic mass is 35.5. The Morgan fingerprint density at radius 3 is 2.50 bits per heavy atom. The molecule has 0 unspecified atom stereocenters. The van der Waals surface area contributed by atoms with Crippen molar-refractivity contribution < 1.29 is 18.0 Å². The number of nitrogens with zero attached hydrogens (tertiary/aromatic N) is 2. The van der Waals surface area contributed by atoms with E-state index < -0.39 is 21.3 Å². The lowest BCUT2D eigenvalue weighted by atomic mass is 9.86. The number of anilines is 2. The number of carbonyl (C=O) groups excluding carboxylic acids is 2. The minimum atomic E-state index is -3.94. The zero-order valence-electron chi connectivity index (χ0n) is 17.5. The van der Waals surface area contributed by atoms with Crippen LogP contribution in [-0.4, -0.2) is 45.2 Å². The van der Waals surface area contributed by atoms with Gasteiger partial charge in [0.05, 0.1) is 27.6 Å². The number of rotatable bonds is 5. The lowest BCUT2D eigenvalue weighted by molar-refractivity contribution is -0.121. The van der Waals surface area contributed by atoms with E-state index in [9.17, 15) is 18.0 Å². The fraction of sp³-hybridized carbons (Fsp3) is 0.333. The van der Waals surface area contributed by atoms with Crippen LogP contribution in [0, 0.1) is 6.92 Å². The molecule has 0 radical (unpaired) electrons. The highest BCUT2D eigenvalue weighted by Crippen LogP contribution is 2.41. The van der Waals surface area contributed by atoms with E-state index in [4.69, 9.17) is 11.6 Å². The molecule has 1 N–H and O–H groups in total. The van der Waals surface area contributed by atoms with E-state index >= 15 is 0 Å². The monoisotopic (exact) mass is 449 g/mol. The zero-order chi connectivity index (χ0) is 22.4. The summed E-state index contributed by atoms with van der Waals surface area (Å²) in [7, 11) is -0.942. The third-order valence-corrected chi connectivity index (χ3v) is 7.43. The average molecular weight is 450 g/mol. The predicted octanol–water partition coefficient (Wildman–Crippen LogP) is 3.16. The molecule has 9 heteroatoms. The van der Waals surface area contributed by atoms with Gasteiger partial charge in [-0.25, -0.2) is 8.42 Å². The number of likely N-dealkylation sites (N-methyl/N-ethyl adjacent to an activating group) is 2. The number of nitrogens with one attached hydrogen (secondary N) is 1. The molecule has 7 nitrogen and oxygen atoms in total. The Kier molecular flexibility index (Phi) is 5.70. The number of hydrogen-bond acceptors (Lipinski definition) is 4. The van der Waals surface area contributed by atoms with E-state index in [2.05, 4.69) is 5.32 Å². The van der Waals surface area contributed by atoms with Crippen LogP contribution in [0.3, 0.4) is 0 Å². The van der Waals surface area contributed by atoms with Crippen LogP contribution in [0.15, 0.2) is 41.3 Å². The van der Waals surface area contributed by atoms with Gasteiger partial charge in [0.1, 0.15) is 0 Å². The minimum absolute atomic E-state index is 0.0288. The van der Waals surface area contributed by atoms with Crippen LogP contribution in [0.2, 0.25) is 5.02 Å². The van der Waals surface area contributed by atoms with Crippen LogP contribution in [0.4, 0.5) is 11.4 Å². The molecular weight excluding hydrogens is 426 g/mol. The lowest BCUT2D eigenvalue weighted by Gasteiger charge is -2.19. The fourth-order valence-electron chi connectivity index (χ4n) is 3.49. The first-order chi connectivity index (χ1) is 13.9. The number of benzene rings is 2. The van der Waals surface area contributed by atoms with Crippen molar-refractivity contribution in [2.45, 2.75) is 31.1 Å². The van der Waals surface area contributed by atoms with Gasteiger partial charge >= 0.3 is 0 Å². The molecule has 0 aromatic heterocycles. The maximum Gasteiger partial charge on any atom is 0.243 e. The molecule has 2 aromatic carbocycles. The Balaban J connectivity index is 1.81. The zero-order valence-corrected chi connectivity index (χ0v) is 19.1. The summed E-state index contributed by atoms with van der Waals surface area (Å²) in [6.07, 6.45) is 0. The third-order valence-electron chi connectivity index (χ3n) is 5.32. The van der Waals surface area contributed by atoms with E-state index in [1.54, 1.807) is 45.2 Å². The molecule has 0 bridgehead atoms. The van der Waals surface area contributed by atoms with E-state index in [-0.39, 0.29) is 17.3 Å². The first kappa shape index (κ1) is 22.3. The highest BCUT2D eigenvalue weighted by Gasteiger charge is 2.43. The Morgan fingerprint density at radius 2 is 1.87 bits per heavy atom. The SMILES string of the molecule is Cc1ccc(NC(=O)CN(C)S(=O)(=O)c2ccc3c(c2)C(C)(C)C(=O)N3C)c(Cl)c1. The van der Waals surface area contributed by atoms with Crippen molar-refractivity contribution in [3.05, 3.63) is 52.5 Å². The van der Waals surface area contributed by atoms with Gasteiger partial charge < -0.3 is 10.2 Å². The summed E-state index contributed by atoms with van der Waals surface area (Å²) in [5.74, 6) is -0.613. The molecule has 160 valence electrons. The number of hydrogen-bond donors (Lipinski definition) is 1. The quantitative estimate of drug-likeness (QED) is 0.759. The minimum Gasteiger partial charge on any atom is -0.324 e. The maximum atomic E-state index is 13.0.